The first kappa shape index (κ1) is 12.9. The highest BCUT2D eigenvalue weighted by Gasteiger charge is 2.18. The monoisotopic (exact) mass is 272 g/mol. The Morgan fingerprint density at radius 1 is 1.39 bits per heavy atom. The molecule has 0 saturated carbocycles. The molecule has 0 radical (unpaired) electrons. The molecule has 1 heterocycles. The van der Waals surface area contributed by atoms with Crippen LogP contribution >= 0.6 is 11.6 Å². The Hall–Kier alpha value is -1.53. The van der Waals surface area contributed by atoms with Crippen LogP contribution in [0.1, 0.15) is 30.8 Å². The molecule has 1 aromatic carbocycles. The van der Waals surface area contributed by atoms with E-state index < -0.39 is 12.2 Å². The van der Waals surface area contributed by atoms with Gasteiger partial charge in [-0.1, -0.05) is 17.7 Å². The molecule has 7 heteroatoms. The van der Waals surface area contributed by atoms with Crippen LogP contribution in [0.3, 0.4) is 0 Å². The standard InChI is InChI=1S/C11H11ClF2N4/c1-6(15)7-2-3-8(12)9(4-7)18-11(10(13)14)16-5-17-18/h2-6,10H,15H2,1H3/t6-/m0/s1. The summed E-state index contributed by atoms with van der Waals surface area (Å²) in [4.78, 5) is 3.52. The molecule has 1 aromatic heterocycles. The van der Waals surface area contributed by atoms with Crippen LogP contribution in [0.4, 0.5) is 8.78 Å². The predicted octanol–water partition coefficient (Wildman–Crippen LogP) is 2.88. The number of alkyl halides is 2. The average Bonchev–Trinajstić information content (AvgIpc) is 2.78. The molecule has 0 spiro atoms. The van der Waals surface area contributed by atoms with Crippen molar-refractivity contribution in [2.24, 2.45) is 5.73 Å². The van der Waals surface area contributed by atoms with Gasteiger partial charge in [-0.3, -0.25) is 0 Å². The third kappa shape index (κ3) is 2.34. The van der Waals surface area contributed by atoms with E-state index in [1.807, 2.05) is 0 Å². The van der Waals surface area contributed by atoms with E-state index in [4.69, 9.17) is 17.3 Å². The van der Waals surface area contributed by atoms with Crippen LogP contribution < -0.4 is 5.73 Å². The Balaban J connectivity index is 2.56. The van der Waals surface area contributed by atoms with E-state index in [1.54, 1.807) is 25.1 Å². The predicted molar refractivity (Wildman–Crippen MR) is 63.9 cm³/mol. The van der Waals surface area contributed by atoms with Crippen molar-refractivity contribution in [2.75, 3.05) is 0 Å². The first-order chi connectivity index (χ1) is 8.50. The summed E-state index contributed by atoms with van der Waals surface area (Å²) >= 11 is 5.99. The maximum absolute atomic E-state index is 12.7. The summed E-state index contributed by atoms with van der Waals surface area (Å²) in [6, 6.07) is 4.76. The van der Waals surface area contributed by atoms with Crippen LogP contribution in [-0.2, 0) is 0 Å². The topological polar surface area (TPSA) is 56.7 Å². The fraction of sp³-hybridized carbons (Fsp3) is 0.273. The number of hydrogen-bond acceptors (Lipinski definition) is 3. The molecule has 0 saturated heterocycles. The fourth-order valence-corrected chi connectivity index (χ4v) is 1.76. The van der Waals surface area contributed by atoms with Crippen molar-refractivity contribution in [3.05, 3.63) is 40.9 Å². The summed E-state index contributed by atoms with van der Waals surface area (Å²) in [5.74, 6) is -0.446. The van der Waals surface area contributed by atoms with Gasteiger partial charge in [0.25, 0.3) is 6.43 Å². The Bertz CT molecular complexity index is 554. The van der Waals surface area contributed by atoms with E-state index in [0.717, 1.165) is 16.6 Å². The normalized spacial score (nSPS) is 13.0. The molecule has 0 unspecified atom stereocenters. The number of aromatic nitrogens is 3. The van der Waals surface area contributed by atoms with Gasteiger partial charge in [0.15, 0.2) is 5.82 Å². The van der Waals surface area contributed by atoms with Gasteiger partial charge in [0, 0.05) is 6.04 Å². The second-order valence-corrected chi connectivity index (χ2v) is 4.24. The first-order valence-corrected chi connectivity index (χ1v) is 5.62. The van der Waals surface area contributed by atoms with Crippen molar-refractivity contribution >= 4 is 11.6 Å². The number of halogens is 3. The maximum atomic E-state index is 12.7. The molecular weight excluding hydrogens is 262 g/mol. The van der Waals surface area contributed by atoms with Crippen molar-refractivity contribution in [1.82, 2.24) is 14.8 Å². The molecule has 1 atom stereocenters. The lowest BCUT2D eigenvalue weighted by Gasteiger charge is -2.11. The molecule has 2 N–H and O–H groups in total. The molecule has 2 aromatic rings. The molecule has 4 nitrogen and oxygen atoms in total. The molecule has 0 bridgehead atoms. The van der Waals surface area contributed by atoms with E-state index in [-0.39, 0.29) is 6.04 Å². The number of nitrogens with two attached hydrogens (primary N) is 1. The summed E-state index contributed by atoms with van der Waals surface area (Å²) in [6.07, 6.45) is -1.65. The second kappa shape index (κ2) is 4.99. The smallest absolute Gasteiger partial charge is 0.297 e. The number of hydrogen-bond donors (Lipinski definition) is 1. The van der Waals surface area contributed by atoms with Crippen LogP contribution in [-0.4, -0.2) is 14.8 Å². The summed E-state index contributed by atoms with van der Waals surface area (Å²) < 4.78 is 26.5. The minimum Gasteiger partial charge on any atom is -0.324 e. The molecule has 0 aliphatic rings. The highest BCUT2D eigenvalue weighted by atomic mass is 35.5. The third-order valence-corrected chi connectivity index (χ3v) is 2.81. The van der Waals surface area contributed by atoms with Crippen molar-refractivity contribution in [3.63, 3.8) is 0 Å². The van der Waals surface area contributed by atoms with E-state index in [9.17, 15) is 8.78 Å². The average molecular weight is 273 g/mol. The zero-order valence-electron chi connectivity index (χ0n) is 9.52. The molecule has 0 amide bonds. The molecule has 2 rings (SSSR count). The SMILES string of the molecule is C[C@H](N)c1ccc(Cl)c(-n2ncnc2C(F)F)c1. The summed E-state index contributed by atoms with van der Waals surface area (Å²) in [5, 5.41) is 4.08. The van der Waals surface area contributed by atoms with Crippen molar-refractivity contribution in [1.29, 1.82) is 0 Å². The van der Waals surface area contributed by atoms with Crippen LogP contribution in [0, 0.1) is 0 Å². The van der Waals surface area contributed by atoms with Gasteiger partial charge in [-0.2, -0.15) is 5.10 Å². The molecule has 0 aliphatic heterocycles. The van der Waals surface area contributed by atoms with E-state index in [2.05, 4.69) is 10.1 Å². The van der Waals surface area contributed by atoms with Crippen LogP contribution in [0.2, 0.25) is 5.02 Å². The Kier molecular flexibility index (Phi) is 3.58. The zero-order chi connectivity index (χ0) is 13.3. The highest BCUT2D eigenvalue weighted by molar-refractivity contribution is 6.32. The second-order valence-electron chi connectivity index (χ2n) is 3.83. The Morgan fingerprint density at radius 3 is 2.72 bits per heavy atom. The van der Waals surface area contributed by atoms with Gasteiger partial charge in [-0.15, -0.1) is 0 Å². The quantitative estimate of drug-likeness (QED) is 0.935. The first-order valence-electron chi connectivity index (χ1n) is 5.24. The maximum Gasteiger partial charge on any atom is 0.297 e. The van der Waals surface area contributed by atoms with Crippen LogP contribution in [0.25, 0.3) is 5.69 Å². The van der Waals surface area contributed by atoms with Gasteiger partial charge in [-0.05, 0) is 24.6 Å². The lowest BCUT2D eigenvalue weighted by Crippen LogP contribution is -2.08. The number of rotatable bonds is 3. The van der Waals surface area contributed by atoms with Crippen molar-refractivity contribution < 1.29 is 8.78 Å². The summed E-state index contributed by atoms with van der Waals surface area (Å²) in [7, 11) is 0. The molecule has 0 aliphatic carbocycles. The van der Waals surface area contributed by atoms with E-state index in [1.165, 1.54) is 0 Å². The van der Waals surface area contributed by atoms with Crippen molar-refractivity contribution in [3.8, 4) is 5.69 Å². The van der Waals surface area contributed by atoms with Crippen molar-refractivity contribution in [2.45, 2.75) is 19.4 Å². The van der Waals surface area contributed by atoms with Gasteiger partial charge >= 0.3 is 0 Å². The number of benzene rings is 1. The summed E-state index contributed by atoms with van der Waals surface area (Å²) in [6.45, 7) is 1.79. The third-order valence-electron chi connectivity index (χ3n) is 2.49. The highest BCUT2D eigenvalue weighted by Crippen LogP contribution is 2.27. The zero-order valence-corrected chi connectivity index (χ0v) is 10.3. The van der Waals surface area contributed by atoms with Gasteiger partial charge < -0.3 is 5.73 Å². The Labute approximate surface area is 107 Å². The molecule has 0 fully saturated rings. The van der Waals surface area contributed by atoms with Crippen LogP contribution in [0.15, 0.2) is 24.5 Å². The lowest BCUT2D eigenvalue weighted by molar-refractivity contribution is 0.137. The van der Waals surface area contributed by atoms with Gasteiger partial charge in [0.2, 0.25) is 0 Å². The Morgan fingerprint density at radius 2 is 2.11 bits per heavy atom. The van der Waals surface area contributed by atoms with Crippen LogP contribution in [0.5, 0.6) is 0 Å². The fourth-order valence-electron chi connectivity index (χ4n) is 1.56. The van der Waals surface area contributed by atoms with Gasteiger partial charge in [-0.25, -0.2) is 18.4 Å². The van der Waals surface area contributed by atoms with Gasteiger partial charge in [0.05, 0.1) is 10.7 Å². The van der Waals surface area contributed by atoms with E-state index in [0.29, 0.717) is 10.7 Å². The molecular formula is C11H11ClF2N4. The molecule has 18 heavy (non-hydrogen) atoms. The van der Waals surface area contributed by atoms with Gasteiger partial charge in [0.1, 0.15) is 6.33 Å². The minimum atomic E-state index is -2.72. The lowest BCUT2D eigenvalue weighted by atomic mass is 10.1. The largest absolute Gasteiger partial charge is 0.324 e. The van der Waals surface area contributed by atoms with E-state index >= 15 is 0 Å². The molecule has 96 valence electrons. The minimum absolute atomic E-state index is 0.223. The number of nitrogens with zero attached hydrogens (tertiary/aromatic N) is 3. The summed E-state index contributed by atoms with van der Waals surface area (Å²) in [5.41, 5.74) is 6.88.